The smallest absolute Gasteiger partial charge is 0.264 e. The van der Waals surface area contributed by atoms with E-state index < -0.39 is 0 Å². The number of nitrogens with zero attached hydrogens (tertiary/aromatic N) is 4. The summed E-state index contributed by atoms with van der Waals surface area (Å²) in [6.07, 6.45) is 0.769. The summed E-state index contributed by atoms with van der Waals surface area (Å²) < 4.78 is 13.7. The molecule has 3 heterocycles. The predicted molar refractivity (Wildman–Crippen MR) is 197 cm³/mol. The van der Waals surface area contributed by atoms with Crippen molar-refractivity contribution in [1.82, 2.24) is 14.4 Å². The second kappa shape index (κ2) is 14.3. The normalized spacial score (nSPS) is 14.7. The Kier molecular flexibility index (Phi) is 9.90. The lowest BCUT2D eigenvalue weighted by molar-refractivity contribution is 0.0658. The molecule has 258 valence electrons. The number of para-hydroxylation sites is 1. The van der Waals surface area contributed by atoms with Crippen molar-refractivity contribution in [2.75, 3.05) is 32.3 Å². The number of hydrogen-bond donors (Lipinski definition) is 1. The predicted octanol–water partition coefficient (Wildman–Crippen LogP) is 7.45. The van der Waals surface area contributed by atoms with Crippen LogP contribution in [0.3, 0.4) is 0 Å². The number of halogens is 1. The van der Waals surface area contributed by atoms with Crippen molar-refractivity contribution in [3.8, 4) is 28.5 Å². The minimum Gasteiger partial charge on any atom is -0.508 e. The monoisotopic (exact) mass is 692 g/mol. The van der Waals surface area contributed by atoms with Crippen LogP contribution in [-0.2, 0) is 19.5 Å². The molecular weight excluding hydrogens is 652 g/mol. The molecule has 4 aromatic carbocycles. The molecule has 0 bridgehead atoms. The van der Waals surface area contributed by atoms with E-state index in [1.807, 2.05) is 80.5 Å². The topological polar surface area (TPSA) is 87.5 Å². The molecule has 1 N–H and O–H groups in total. The van der Waals surface area contributed by atoms with Crippen LogP contribution in [0.5, 0.6) is 17.2 Å². The molecule has 0 radical (unpaired) electrons. The summed E-state index contributed by atoms with van der Waals surface area (Å²) in [7, 11) is 4.02. The SMILES string of the molecule is Cc1c(C(=O)N(c2ccccc2)c2ccc(O)cc2)cc(-c2cc3c(cc2C(=O)N2Cc4ccccc4C[C@H]2C)OCO3)n1CCN(C)C.Cl. The van der Waals surface area contributed by atoms with Crippen molar-refractivity contribution in [2.45, 2.75) is 39.4 Å². The number of carbonyl (C=O) groups excluding carboxylic acids is 2. The fourth-order valence-corrected chi connectivity index (χ4v) is 6.79. The van der Waals surface area contributed by atoms with Gasteiger partial charge in [0.15, 0.2) is 11.5 Å². The highest BCUT2D eigenvalue weighted by atomic mass is 35.5. The van der Waals surface area contributed by atoms with Crippen LogP contribution in [0.15, 0.2) is 97.1 Å². The lowest BCUT2D eigenvalue weighted by Crippen LogP contribution is -2.42. The van der Waals surface area contributed by atoms with Crippen LogP contribution >= 0.6 is 12.4 Å². The average molecular weight is 693 g/mol. The van der Waals surface area contributed by atoms with Crippen molar-refractivity contribution >= 4 is 35.6 Å². The number of benzene rings is 4. The van der Waals surface area contributed by atoms with Gasteiger partial charge in [0, 0.05) is 48.3 Å². The zero-order chi connectivity index (χ0) is 34.2. The van der Waals surface area contributed by atoms with E-state index >= 15 is 0 Å². The van der Waals surface area contributed by atoms with Crippen molar-refractivity contribution < 1.29 is 24.2 Å². The lowest BCUT2D eigenvalue weighted by Gasteiger charge is -2.35. The number of phenolic OH excluding ortho intramolecular Hbond substituents is 1. The van der Waals surface area contributed by atoms with Crippen molar-refractivity contribution in [3.05, 3.63) is 125 Å². The van der Waals surface area contributed by atoms with Gasteiger partial charge in [-0.2, -0.15) is 0 Å². The molecule has 0 fully saturated rings. The quantitative estimate of drug-likeness (QED) is 0.182. The van der Waals surface area contributed by atoms with Crippen molar-refractivity contribution in [2.24, 2.45) is 0 Å². The van der Waals surface area contributed by atoms with Crippen molar-refractivity contribution in [1.29, 1.82) is 0 Å². The number of amides is 2. The molecule has 1 atom stereocenters. The maximum absolute atomic E-state index is 14.7. The van der Waals surface area contributed by atoms with Gasteiger partial charge in [-0.3, -0.25) is 14.5 Å². The second-order valence-electron chi connectivity index (χ2n) is 13.0. The molecule has 5 aromatic rings. The van der Waals surface area contributed by atoms with Crippen LogP contribution in [0.4, 0.5) is 11.4 Å². The van der Waals surface area contributed by atoms with Gasteiger partial charge in [0.1, 0.15) is 5.75 Å². The van der Waals surface area contributed by atoms with E-state index in [0.29, 0.717) is 59.2 Å². The maximum Gasteiger partial charge on any atom is 0.264 e. The Morgan fingerprint density at radius 2 is 1.48 bits per heavy atom. The highest BCUT2D eigenvalue weighted by molar-refractivity contribution is 6.12. The van der Waals surface area contributed by atoms with Crippen LogP contribution in [-0.4, -0.2) is 64.8 Å². The summed E-state index contributed by atoms with van der Waals surface area (Å²) >= 11 is 0. The van der Waals surface area contributed by atoms with Crippen LogP contribution in [0.1, 0.15) is 44.5 Å². The molecule has 0 aliphatic carbocycles. The Hall–Kier alpha value is -5.25. The fourth-order valence-electron chi connectivity index (χ4n) is 6.79. The van der Waals surface area contributed by atoms with E-state index in [-0.39, 0.29) is 42.8 Å². The first-order valence-corrected chi connectivity index (χ1v) is 16.5. The third-order valence-electron chi connectivity index (χ3n) is 9.48. The van der Waals surface area contributed by atoms with Gasteiger partial charge in [0.05, 0.1) is 16.8 Å². The van der Waals surface area contributed by atoms with Crippen LogP contribution in [0.2, 0.25) is 0 Å². The molecule has 0 saturated heterocycles. The van der Waals surface area contributed by atoms with Crippen LogP contribution < -0.4 is 14.4 Å². The van der Waals surface area contributed by atoms with E-state index in [0.717, 1.165) is 23.4 Å². The Morgan fingerprint density at radius 3 is 2.18 bits per heavy atom. The average Bonchev–Trinajstić information content (AvgIpc) is 3.70. The Labute approximate surface area is 298 Å². The second-order valence-corrected chi connectivity index (χ2v) is 13.0. The first-order chi connectivity index (χ1) is 23.7. The number of aromatic nitrogens is 1. The largest absolute Gasteiger partial charge is 0.508 e. The van der Waals surface area contributed by atoms with Gasteiger partial charge in [-0.15, -0.1) is 12.4 Å². The molecule has 0 unspecified atom stereocenters. The van der Waals surface area contributed by atoms with E-state index in [1.54, 1.807) is 35.2 Å². The van der Waals surface area contributed by atoms with Crippen LogP contribution in [0, 0.1) is 6.92 Å². The zero-order valence-electron chi connectivity index (χ0n) is 28.6. The fraction of sp³-hybridized carbons (Fsp3) is 0.250. The number of phenols is 1. The molecule has 9 nitrogen and oxygen atoms in total. The molecular formula is C40H41ClN4O5. The molecule has 7 rings (SSSR count). The van der Waals surface area contributed by atoms with Crippen LogP contribution in [0.25, 0.3) is 11.3 Å². The summed E-state index contributed by atoms with van der Waals surface area (Å²) in [5, 5.41) is 10.0. The number of likely N-dealkylation sites (N-methyl/N-ethyl adjacent to an activating group) is 1. The minimum atomic E-state index is -0.228. The lowest BCUT2D eigenvalue weighted by atomic mass is 9.93. The van der Waals surface area contributed by atoms with Gasteiger partial charge in [-0.05, 0) is 100 Å². The Morgan fingerprint density at radius 1 is 0.840 bits per heavy atom. The van der Waals surface area contributed by atoms with Gasteiger partial charge in [-0.25, -0.2) is 0 Å². The molecule has 2 amide bonds. The van der Waals surface area contributed by atoms with E-state index in [1.165, 1.54) is 5.56 Å². The van der Waals surface area contributed by atoms with Gasteiger partial charge in [0.25, 0.3) is 11.8 Å². The minimum absolute atomic E-state index is 0. The number of fused-ring (bicyclic) bond motifs is 2. The third-order valence-corrected chi connectivity index (χ3v) is 9.48. The first-order valence-electron chi connectivity index (χ1n) is 16.5. The molecule has 50 heavy (non-hydrogen) atoms. The number of hydrogen-bond acceptors (Lipinski definition) is 6. The number of aromatic hydroxyl groups is 1. The molecule has 0 spiro atoms. The van der Waals surface area contributed by atoms with Gasteiger partial charge >= 0.3 is 0 Å². The summed E-state index contributed by atoms with van der Waals surface area (Å²) in [4.78, 5) is 35.0. The molecule has 1 aromatic heterocycles. The van der Waals surface area contributed by atoms with Gasteiger partial charge in [0.2, 0.25) is 6.79 Å². The van der Waals surface area contributed by atoms with E-state index in [4.69, 9.17) is 9.47 Å². The third kappa shape index (κ3) is 6.54. The van der Waals surface area contributed by atoms with E-state index in [2.05, 4.69) is 28.5 Å². The first kappa shape index (κ1) is 34.6. The summed E-state index contributed by atoms with van der Waals surface area (Å²) in [5.74, 6) is 0.873. The Balaban J connectivity index is 0.00000432. The Bertz CT molecular complexity index is 2030. The molecule has 0 saturated carbocycles. The molecule has 2 aliphatic rings. The number of carbonyl (C=O) groups is 2. The standard InChI is InChI=1S/C40H40N4O5.ClH/c1-26-20-28-10-8-9-11-29(28)24-43(26)39(46)35-23-38-37(48-25-49-38)22-34(35)36-21-33(27(2)42(36)19-18-41(3)4)40(47)44(30-12-6-5-7-13-30)31-14-16-32(45)17-15-31;/h5-17,21-23,26,45H,18-20,24-25H2,1-4H3;1H/t26-;/m1./s1. The van der Waals surface area contributed by atoms with Gasteiger partial charge in [-0.1, -0.05) is 42.5 Å². The van der Waals surface area contributed by atoms with E-state index in [9.17, 15) is 14.7 Å². The highest BCUT2D eigenvalue weighted by Crippen LogP contribution is 2.42. The zero-order valence-corrected chi connectivity index (χ0v) is 29.4. The van der Waals surface area contributed by atoms with Crippen molar-refractivity contribution in [3.63, 3.8) is 0 Å². The van der Waals surface area contributed by atoms with Gasteiger partial charge < -0.3 is 28.9 Å². The maximum atomic E-state index is 14.7. The number of ether oxygens (including phenoxy) is 2. The summed E-state index contributed by atoms with van der Waals surface area (Å²) in [6.45, 7) is 5.91. The number of rotatable bonds is 8. The summed E-state index contributed by atoms with van der Waals surface area (Å²) in [5.41, 5.74) is 6.91. The molecule has 2 aliphatic heterocycles. The number of anilines is 2. The molecule has 10 heteroatoms. The highest BCUT2D eigenvalue weighted by Gasteiger charge is 2.33. The summed E-state index contributed by atoms with van der Waals surface area (Å²) in [6, 6.07) is 29.9.